The third-order valence-corrected chi connectivity index (χ3v) is 5.69. The molecular formula is C24H23ClFN3O3. The zero-order valence-corrected chi connectivity index (χ0v) is 18.4. The normalized spacial score (nSPS) is 14.0. The standard InChI is InChI=1S/C24H23ClFN3O3/c1-2-12-32-24(31)29-10-8-28(9-11-29)23(30)17-6-7-19-20(25)15-21(27-22(19)14-17)16-4-3-5-18(26)13-16/h3-7,13-15H,2,8-12H2,1H3. The van der Waals surface area contributed by atoms with Gasteiger partial charge in [-0.3, -0.25) is 4.79 Å². The summed E-state index contributed by atoms with van der Waals surface area (Å²) in [5.41, 5.74) is 2.19. The van der Waals surface area contributed by atoms with Gasteiger partial charge in [-0.25, -0.2) is 14.2 Å². The molecule has 0 atom stereocenters. The van der Waals surface area contributed by atoms with E-state index < -0.39 is 0 Å². The highest BCUT2D eigenvalue weighted by Gasteiger charge is 2.26. The van der Waals surface area contributed by atoms with E-state index in [1.54, 1.807) is 46.2 Å². The van der Waals surface area contributed by atoms with Gasteiger partial charge in [0.05, 0.1) is 22.8 Å². The minimum atomic E-state index is -0.359. The van der Waals surface area contributed by atoms with Crippen LogP contribution in [0.2, 0.25) is 5.02 Å². The fourth-order valence-electron chi connectivity index (χ4n) is 3.67. The van der Waals surface area contributed by atoms with Crippen molar-refractivity contribution in [3.8, 4) is 11.3 Å². The van der Waals surface area contributed by atoms with Gasteiger partial charge in [0.15, 0.2) is 0 Å². The summed E-state index contributed by atoms with van der Waals surface area (Å²) in [5.74, 6) is -0.496. The van der Waals surface area contributed by atoms with Crippen molar-refractivity contribution in [2.75, 3.05) is 32.8 Å². The Balaban J connectivity index is 1.53. The second-order valence-electron chi connectivity index (χ2n) is 7.63. The van der Waals surface area contributed by atoms with Gasteiger partial charge in [-0.15, -0.1) is 0 Å². The van der Waals surface area contributed by atoms with Crippen molar-refractivity contribution in [1.82, 2.24) is 14.8 Å². The predicted molar refractivity (Wildman–Crippen MR) is 121 cm³/mol. The van der Waals surface area contributed by atoms with Gasteiger partial charge in [-0.05, 0) is 36.8 Å². The lowest BCUT2D eigenvalue weighted by Gasteiger charge is -2.34. The molecule has 0 aliphatic carbocycles. The Morgan fingerprint density at radius 1 is 1.06 bits per heavy atom. The highest BCUT2D eigenvalue weighted by molar-refractivity contribution is 6.35. The van der Waals surface area contributed by atoms with Crippen molar-refractivity contribution >= 4 is 34.5 Å². The smallest absolute Gasteiger partial charge is 0.409 e. The fraction of sp³-hybridized carbons (Fsp3) is 0.292. The molecule has 0 radical (unpaired) electrons. The molecule has 32 heavy (non-hydrogen) atoms. The van der Waals surface area contributed by atoms with Gasteiger partial charge in [0, 0.05) is 42.7 Å². The number of ether oxygens (including phenoxy) is 1. The first kappa shape index (κ1) is 22.0. The lowest BCUT2D eigenvalue weighted by atomic mass is 10.1. The molecule has 8 heteroatoms. The van der Waals surface area contributed by atoms with E-state index in [4.69, 9.17) is 16.3 Å². The van der Waals surface area contributed by atoms with Crippen LogP contribution in [0.3, 0.4) is 0 Å². The first-order chi connectivity index (χ1) is 15.5. The number of halogens is 2. The highest BCUT2D eigenvalue weighted by Crippen LogP contribution is 2.29. The maximum atomic E-state index is 13.6. The van der Waals surface area contributed by atoms with E-state index in [0.29, 0.717) is 65.5 Å². The van der Waals surface area contributed by atoms with Crippen LogP contribution >= 0.6 is 11.6 Å². The SMILES string of the molecule is CCCOC(=O)N1CCN(C(=O)c2ccc3c(Cl)cc(-c4cccc(F)c4)nc3c2)CC1. The first-order valence-corrected chi connectivity index (χ1v) is 10.9. The summed E-state index contributed by atoms with van der Waals surface area (Å²) in [6, 6.07) is 13.0. The van der Waals surface area contributed by atoms with Gasteiger partial charge < -0.3 is 14.5 Å². The number of pyridine rings is 1. The van der Waals surface area contributed by atoms with E-state index >= 15 is 0 Å². The molecule has 1 aliphatic rings. The number of hydrogen-bond acceptors (Lipinski definition) is 4. The van der Waals surface area contributed by atoms with E-state index in [1.165, 1.54) is 12.1 Å². The Labute approximate surface area is 190 Å². The topological polar surface area (TPSA) is 62.7 Å². The van der Waals surface area contributed by atoms with Crippen LogP contribution < -0.4 is 0 Å². The van der Waals surface area contributed by atoms with Gasteiger partial charge in [0.25, 0.3) is 5.91 Å². The Morgan fingerprint density at radius 2 is 1.81 bits per heavy atom. The van der Waals surface area contributed by atoms with E-state index in [1.807, 2.05) is 6.92 Å². The fourth-order valence-corrected chi connectivity index (χ4v) is 3.93. The quantitative estimate of drug-likeness (QED) is 0.555. The molecule has 2 heterocycles. The second kappa shape index (κ2) is 9.53. The van der Waals surface area contributed by atoms with Crippen LogP contribution in [0.25, 0.3) is 22.2 Å². The summed E-state index contributed by atoms with van der Waals surface area (Å²) in [7, 11) is 0. The van der Waals surface area contributed by atoms with Crippen molar-refractivity contribution in [3.05, 3.63) is 64.9 Å². The molecule has 1 aromatic heterocycles. The lowest BCUT2D eigenvalue weighted by Crippen LogP contribution is -2.50. The molecule has 1 aliphatic heterocycles. The van der Waals surface area contributed by atoms with Gasteiger partial charge in [0.2, 0.25) is 0 Å². The molecule has 0 bridgehead atoms. The minimum Gasteiger partial charge on any atom is -0.449 e. The zero-order valence-electron chi connectivity index (χ0n) is 17.7. The summed E-state index contributed by atoms with van der Waals surface area (Å²) >= 11 is 6.44. The molecule has 1 fully saturated rings. The van der Waals surface area contributed by atoms with Crippen molar-refractivity contribution in [1.29, 1.82) is 0 Å². The number of aromatic nitrogens is 1. The largest absolute Gasteiger partial charge is 0.449 e. The molecule has 2 amide bonds. The van der Waals surface area contributed by atoms with E-state index in [-0.39, 0.29) is 17.8 Å². The van der Waals surface area contributed by atoms with Gasteiger partial charge >= 0.3 is 6.09 Å². The molecule has 166 valence electrons. The van der Waals surface area contributed by atoms with Crippen LogP contribution in [0.15, 0.2) is 48.5 Å². The monoisotopic (exact) mass is 455 g/mol. The van der Waals surface area contributed by atoms with Crippen LogP contribution in [-0.2, 0) is 4.74 Å². The number of hydrogen-bond donors (Lipinski definition) is 0. The Kier molecular flexibility index (Phi) is 6.55. The molecular weight excluding hydrogens is 433 g/mol. The number of carbonyl (C=O) groups is 2. The number of piperazine rings is 1. The zero-order chi connectivity index (χ0) is 22.7. The number of fused-ring (bicyclic) bond motifs is 1. The van der Waals surface area contributed by atoms with Crippen molar-refractivity contribution in [3.63, 3.8) is 0 Å². The van der Waals surface area contributed by atoms with Crippen LogP contribution in [0.4, 0.5) is 9.18 Å². The van der Waals surface area contributed by atoms with Gasteiger partial charge in [-0.1, -0.05) is 36.7 Å². The van der Waals surface area contributed by atoms with Crippen LogP contribution in [0, 0.1) is 5.82 Å². The lowest BCUT2D eigenvalue weighted by molar-refractivity contribution is 0.0560. The third-order valence-electron chi connectivity index (χ3n) is 5.38. The number of amides is 2. The summed E-state index contributed by atoms with van der Waals surface area (Å²) in [6.45, 7) is 4.04. The highest BCUT2D eigenvalue weighted by atomic mass is 35.5. The molecule has 1 saturated heterocycles. The number of carbonyl (C=O) groups excluding carboxylic acids is 2. The number of nitrogens with zero attached hydrogens (tertiary/aromatic N) is 3. The second-order valence-corrected chi connectivity index (χ2v) is 8.03. The minimum absolute atomic E-state index is 0.137. The maximum absolute atomic E-state index is 13.6. The molecule has 0 spiro atoms. The van der Waals surface area contributed by atoms with Crippen molar-refractivity contribution in [2.24, 2.45) is 0 Å². The molecule has 0 unspecified atom stereocenters. The summed E-state index contributed by atoms with van der Waals surface area (Å²) in [6.07, 6.45) is 0.430. The van der Waals surface area contributed by atoms with Crippen LogP contribution in [0.5, 0.6) is 0 Å². The first-order valence-electron chi connectivity index (χ1n) is 10.5. The van der Waals surface area contributed by atoms with Gasteiger partial charge in [0.1, 0.15) is 5.82 Å². The molecule has 4 rings (SSSR count). The summed E-state index contributed by atoms with van der Waals surface area (Å²) < 4.78 is 18.8. The Morgan fingerprint density at radius 3 is 2.53 bits per heavy atom. The van der Waals surface area contributed by atoms with Crippen molar-refractivity contribution in [2.45, 2.75) is 13.3 Å². The average Bonchev–Trinajstić information content (AvgIpc) is 2.81. The Bertz CT molecular complexity index is 1160. The molecule has 3 aromatic rings. The van der Waals surface area contributed by atoms with Crippen LogP contribution in [0.1, 0.15) is 23.7 Å². The number of rotatable bonds is 4. The van der Waals surface area contributed by atoms with Gasteiger partial charge in [-0.2, -0.15) is 0 Å². The summed E-state index contributed by atoms with van der Waals surface area (Å²) in [5, 5.41) is 1.19. The molecule has 6 nitrogen and oxygen atoms in total. The summed E-state index contributed by atoms with van der Waals surface area (Å²) in [4.78, 5) is 33.0. The number of benzene rings is 2. The van der Waals surface area contributed by atoms with E-state index in [0.717, 1.165) is 6.42 Å². The van der Waals surface area contributed by atoms with E-state index in [2.05, 4.69) is 4.98 Å². The molecule has 0 saturated carbocycles. The maximum Gasteiger partial charge on any atom is 0.409 e. The predicted octanol–water partition coefficient (Wildman–Crippen LogP) is 5.00. The molecule has 0 N–H and O–H groups in total. The third kappa shape index (κ3) is 4.67. The van der Waals surface area contributed by atoms with E-state index in [9.17, 15) is 14.0 Å². The Hall–Kier alpha value is -3.19. The molecule has 2 aromatic carbocycles. The van der Waals surface area contributed by atoms with Crippen molar-refractivity contribution < 1.29 is 18.7 Å². The average molecular weight is 456 g/mol. The van der Waals surface area contributed by atoms with Crippen LogP contribution in [-0.4, -0.2) is 59.6 Å².